The Bertz CT molecular complexity index is 955. The van der Waals surface area contributed by atoms with Crippen molar-refractivity contribution < 1.29 is 18.9 Å². The number of hydrazone groups is 1. The highest BCUT2D eigenvalue weighted by Gasteiger charge is 2.33. The molecular weight excluding hydrogens is 326 g/mol. The van der Waals surface area contributed by atoms with Gasteiger partial charge in [-0.25, -0.2) is 0 Å². The molecule has 0 bridgehead atoms. The van der Waals surface area contributed by atoms with Gasteiger partial charge in [0.1, 0.15) is 10.7 Å². The van der Waals surface area contributed by atoms with Crippen LogP contribution in [-0.2, 0) is 4.79 Å². The lowest BCUT2D eigenvalue weighted by Gasteiger charge is -2.11. The Morgan fingerprint density at radius 1 is 1.24 bits per heavy atom. The third-order valence-corrected chi connectivity index (χ3v) is 3.71. The highest BCUT2D eigenvalue weighted by molar-refractivity contribution is 6.30. The summed E-state index contributed by atoms with van der Waals surface area (Å²) in [6.45, 7) is 3.34. The second-order valence-electron chi connectivity index (χ2n) is 5.41. The van der Waals surface area contributed by atoms with Crippen LogP contribution in [0.5, 0.6) is 0 Å². The smallest absolute Gasteiger partial charge is 0.401 e. The molecule has 0 spiro atoms. The van der Waals surface area contributed by atoms with E-state index in [-0.39, 0.29) is 11.3 Å². The first-order chi connectivity index (χ1) is 11.9. The maximum Gasteiger partial charge on any atom is 0.433 e. The quantitative estimate of drug-likeness (QED) is 0.370. The summed E-state index contributed by atoms with van der Waals surface area (Å²) in [5, 5.41) is 15.5. The summed E-state index contributed by atoms with van der Waals surface area (Å²) in [5.74, 6) is -1.43. The maximum absolute atomic E-state index is 12.6. The molecule has 2 amide bonds. The van der Waals surface area contributed by atoms with E-state index in [9.17, 15) is 19.7 Å². The van der Waals surface area contributed by atoms with Crippen molar-refractivity contribution in [1.82, 2.24) is 5.01 Å². The number of carbonyl (C=O) groups excluding carboxylic acids is 2. The number of rotatable bonds is 3. The summed E-state index contributed by atoms with van der Waals surface area (Å²) in [6.07, 6.45) is 1.33. The van der Waals surface area contributed by atoms with E-state index in [4.69, 9.17) is 4.42 Å². The van der Waals surface area contributed by atoms with Crippen molar-refractivity contribution in [3.8, 4) is 0 Å². The van der Waals surface area contributed by atoms with Crippen LogP contribution in [-0.4, -0.2) is 27.5 Å². The molecule has 8 heteroatoms. The Labute approximate surface area is 142 Å². The minimum atomic E-state index is -0.673. The normalized spacial score (nSPS) is 15.6. The van der Waals surface area contributed by atoms with E-state index in [1.54, 1.807) is 38.1 Å². The van der Waals surface area contributed by atoms with Gasteiger partial charge in [-0.1, -0.05) is 18.2 Å². The van der Waals surface area contributed by atoms with Crippen molar-refractivity contribution in [3.05, 3.63) is 69.0 Å². The molecule has 0 saturated carbocycles. The highest BCUT2D eigenvalue weighted by Crippen LogP contribution is 2.24. The molecule has 1 aromatic heterocycles. The van der Waals surface area contributed by atoms with E-state index in [0.29, 0.717) is 11.3 Å². The maximum atomic E-state index is 12.6. The van der Waals surface area contributed by atoms with Gasteiger partial charge in [0.25, 0.3) is 11.8 Å². The third-order valence-electron chi connectivity index (χ3n) is 3.71. The summed E-state index contributed by atoms with van der Waals surface area (Å²) in [6, 6.07) is 9.44. The molecule has 1 aliphatic heterocycles. The number of nitro groups is 1. The Kier molecular flexibility index (Phi) is 4.02. The molecule has 25 heavy (non-hydrogen) atoms. The van der Waals surface area contributed by atoms with Crippen molar-refractivity contribution in [2.24, 2.45) is 5.10 Å². The number of aryl methyl sites for hydroxylation is 1. The molecule has 1 aliphatic rings. The van der Waals surface area contributed by atoms with Crippen molar-refractivity contribution in [3.63, 3.8) is 0 Å². The van der Waals surface area contributed by atoms with E-state index >= 15 is 0 Å². The summed E-state index contributed by atoms with van der Waals surface area (Å²) in [5.41, 5.74) is 1.58. The van der Waals surface area contributed by atoms with Gasteiger partial charge in [-0.2, -0.15) is 10.1 Å². The number of imide groups is 1. The SMILES string of the molecule is CC1=NN(C(=O)c2ccccc2C)C(=O)/C1=C\c1ccc([N+](=O)[O-])o1. The van der Waals surface area contributed by atoms with Gasteiger partial charge in [0.2, 0.25) is 0 Å². The molecule has 0 unspecified atom stereocenters. The van der Waals surface area contributed by atoms with Crippen LogP contribution in [0.25, 0.3) is 6.08 Å². The Morgan fingerprint density at radius 2 is 1.96 bits per heavy atom. The molecule has 0 fully saturated rings. The Morgan fingerprint density at radius 3 is 2.60 bits per heavy atom. The first-order valence-corrected chi connectivity index (χ1v) is 7.34. The second-order valence-corrected chi connectivity index (χ2v) is 5.41. The lowest BCUT2D eigenvalue weighted by Crippen LogP contribution is -2.29. The molecule has 2 aromatic rings. The van der Waals surface area contributed by atoms with Crippen LogP contribution in [0, 0.1) is 17.0 Å². The molecule has 0 aliphatic carbocycles. The number of nitrogens with zero attached hydrogens (tertiary/aromatic N) is 3. The number of carbonyl (C=O) groups is 2. The monoisotopic (exact) mass is 339 g/mol. The van der Waals surface area contributed by atoms with E-state index in [2.05, 4.69) is 5.10 Å². The molecule has 0 radical (unpaired) electrons. The van der Waals surface area contributed by atoms with Crippen LogP contribution < -0.4 is 0 Å². The van der Waals surface area contributed by atoms with E-state index in [0.717, 1.165) is 10.6 Å². The van der Waals surface area contributed by atoms with Crippen molar-refractivity contribution >= 4 is 29.5 Å². The van der Waals surface area contributed by atoms with Crippen LogP contribution in [0.4, 0.5) is 5.88 Å². The van der Waals surface area contributed by atoms with Crippen molar-refractivity contribution in [2.75, 3.05) is 0 Å². The molecule has 3 rings (SSSR count). The lowest BCUT2D eigenvalue weighted by atomic mass is 10.1. The number of hydrogen-bond acceptors (Lipinski definition) is 6. The summed E-state index contributed by atoms with van der Waals surface area (Å²) in [4.78, 5) is 35.1. The predicted molar refractivity (Wildman–Crippen MR) is 88.8 cm³/mol. The summed E-state index contributed by atoms with van der Waals surface area (Å²) >= 11 is 0. The number of furan rings is 1. The van der Waals surface area contributed by atoms with Gasteiger partial charge in [0.05, 0.1) is 17.4 Å². The van der Waals surface area contributed by atoms with Gasteiger partial charge < -0.3 is 4.42 Å². The van der Waals surface area contributed by atoms with Gasteiger partial charge in [-0.3, -0.25) is 19.7 Å². The average Bonchev–Trinajstić information content (AvgIpc) is 3.15. The zero-order chi connectivity index (χ0) is 18.1. The molecule has 2 heterocycles. The lowest BCUT2D eigenvalue weighted by molar-refractivity contribution is -0.402. The fourth-order valence-electron chi connectivity index (χ4n) is 2.41. The van der Waals surface area contributed by atoms with Gasteiger partial charge in [-0.15, -0.1) is 0 Å². The van der Waals surface area contributed by atoms with Crippen LogP contribution in [0.2, 0.25) is 0 Å². The van der Waals surface area contributed by atoms with Crippen LogP contribution >= 0.6 is 0 Å². The highest BCUT2D eigenvalue weighted by atomic mass is 16.6. The van der Waals surface area contributed by atoms with Gasteiger partial charge in [0, 0.05) is 5.56 Å². The third kappa shape index (κ3) is 2.97. The van der Waals surface area contributed by atoms with E-state index in [1.165, 1.54) is 18.2 Å². The Hall–Kier alpha value is -3.55. The predicted octanol–water partition coefficient (Wildman–Crippen LogP) is 2.94. The fraction of sp³-hybridized carbons (Fsp3) is 0.118. The number of amides is 2. The zero-order valence-corrected chi connectivity index (χ0v) is 13.4. The summed E-state index contributed by atoms with van der Waals surface area (Å²) < 4.78 is 5.02. The molecular formula is C17H13N3O5. The largest absolute Gasteiger partial charge is 0.433 e. The van der Waals surface area contributed by atoms with Gasteiger partial charge in [0.15, 0.2) is 0 Å². The Balaban J connectivity index is 1.91. The number of hydrogen-bond donors (Lipinski definition) is 0. The minimum absolute atomic E-state index is 0.134. The van der Waals surface area contributed by atoms with Gasteiger partial charge >= 0.3 is 5.88 Å². The first-order valence-electron chi connectivity index (χ1n) is 7.34. The topological polar surface area (TPSA) is 106 Å². The van der Waals surface area contributed by atoms with Gasteiger partial charge in [-0.05, 0) is 37.6 Å². The molecule has 8 nitrogen and oxygen atoms in total. The molecule has 1 aromatic carbocycles. The van der Waals surface area contributed by atoms with Crippen LogP contribution in [0.15, 0.2) is 51.5 Å². The molecule has 0 saturated heterocycles. The molecule has 126 valence electrons. The van der Waals surface area contributed by atoms with Crippen LogP contribution in [0.3, 0.4) is 0 Å². The molecule has 0 atom stereocenters. The second kappa shape index (κ2) is 6.16. The van der Waals surface area contributed by atoms with E-state index in [1.807, 2.05) is 0 Å². The zero-order valence-electron chi connectivity index (χ0n) is 13.4. The van der Waals surface area contributed by atoms with Crippen molar-refractivity contribution in [2.45, 2.75) is 13.8 Å². The standard InChI is InChI=1S/C17H13N3O5/c1-10-5-3-4-6-13(10)16(21)19-17(22)14(11(2)18-19)9-12-7-8-15(25-12)20(23)24/h3-9H,1-2H3/b14-9-. The fourth-order valence-corrected chi connectivity index (χ4v) is 2.41. The first kappa shape index (κ1) is 16.3. The molecule has 0 N–H and O–H groups in total. The summed E-state index contributed by atoms with van der Waals surface area (Å²) in [7, 11) is 0. The number of benzene rings is 1. The van der Waals surface area contributed by atoms with E-state index < -0.39 is 22.6 Å². The minimum Gasteiger partial charge on any atom is -0.401 e. The van der Waals surface area contributed by atoms with Crippen LogP contribution in [0.1, 0.15) is 28.6 Å². The average molecular weight is 339 g/mol. The van der Waals surface area contributed by atoms with Crippen molar-refractivity contribution in [1.29, 1.82) is 0 Å².